The molecule has 6 heteroatoms. The van der Waals surface area contributed by atoms with Crippen molar-refractivity contribution in [3.05, 3.63) is 59.7 Å². The Labute approximate surface area is 228 Å². The Bertz CT molecular complexity index is 1070. The molecule has 2 aliphatic rings. The molecule has 1 heterocycles. The second-order valence-corrected chi connectivity index (χ2v) is 11.0. The normalized spacial score (nSPS) is 21.4. The van der Waals surface area contributed by atoms with Gasteiger partial charge in [0.2, 0.25) is 0 Å². The zero-order valence-corrected chi connectivity index (χ0v) is 23.5. The molecule has 38 heavy (non-hydrogen) atoms. The summed E-state index contributed by atoms with van der Waals surface area (Å²) in [6.45, 7) is 4.39. The SMILES string of the molecule is CCCN1CCCCCCCN(C(=O)c2cccc(N(C)C)c2)[C@@H]2CCCC[C@@H]2Oc2ccccc2C1=O. The molecule has 0 radical (unpaired) electrons. The summed E-state index contributed by atoms with van der Waals surface area (Å²) in [4.78, 5) is 33.8. The van der Waals surface area contributed by atoms with E-state index in [0.717, 1.165) is 95.1 Å². The predicted octanol–water partition coefficient (Wildman–Crippen LogP) is 6.40. The van der Waals surface area contributed by atoms with Gasteiger partial charge in [0, 0.05) is 45.0 Å². The van der Waals surface area contributed by atoms with Gasteiger partial charge in [0.25, 0.3) is 11.8 Å². The van der Waals surface area contributed by atoms with Crippen molar-refractivity contribution in [2.24, 2.45) is 0 Å². The number of rotatable bonds is 4. The van der Waals surface area contributed by atoms with Gasteiger partial charge in [-0.1, -0.05) is 50.8 Å². The number of ether oxygens (including phenoxy) is 1. The summed E-state index contributed by atoms with van der Waals surface area (Å²) < 4.78 is 6.70. The lowest BCUT2D eigenvalue weighted by Crippen LogP contribution is -2.51. The van der Waals surface area contributed by atoms with Crippen molar-refractivity contribution in [2.75, 3.05) is 38.6 Å². The first kappa shape index (κ1) is 28.0. The molecule has 1 aliphatic carbocycles. The molecule has 2 aromatic rings. The van der Waals surface area contributed by atoms with E-state index in [-0.39, 0.29) is 24.0 Å². The molecule has 0 bridgehead atoms. The molecule has 2 atom stereocenters. The number of amides is 2. The number of hydrogen-bond acceptors (Lipinski definition) is 4. The Kier molecular flexibility index (Phi) is 10.1. The highest BCUT2D eigenvalue weighted by Gasteiger charge is 2.35. The number of para-hydroxylation sites is 1. The van der Waals surface area contributed by atoms with E-state index in [9.17, 15) is 9.59 Å². The number of carbonyl (C=O) groups excluding carboxylic acids is 2. The van der Waals surface area contributed by atoms with Crippen LogP contribution in [0, 0.1) is 0 Å². The molecule has 2 aromatic carbocycles. The van der Waals surface area contributed by atoms with Crippen LogP contribution in [0.4, 0.5) is 5.69 Å². The van der Waals surface area contributed by atoms with E-state index in [4.69, 9.17) is 4.74 Å². The van der Waals surface area contributed by atoms with Crippen LogP contribution in [0.15, 0.2) is 48.5 Å². The van der Waals surface area contributed by atoms with Crippen molar-refractivity contribution in [2.45, 2.75) is 83.3 Å². The average Bonchev–Trinajstić information content (AvgIpc) is 2.94. The smallest absolute Gasteiger partial charge is 0.257 e. The Morgan fingerprint density at radius 3 is 2.45 bits per heavy atom. The Hall–Kier alpha value is -3.02. The third kappa shape index (κ3) is 6.89. The summed E-state index contributed by atoms with van der Waals surface area (Å²) in [6.07, 6.45) is 10.0. The summed E-state index contributed by atoms with van der Waals surface area (Å²) in [7, 11) is 4.00. The summed E-state index contributed by atoms with van der Waals surface area (Å²) in [5.41, 5.74) is 2.38. The fourth-order valence-corrected chi connectivity index (χ4v) is 5.85. The monoisotopic (exact) mass is 519 g/mol. The largest absolute Gasteiger partial charge is 0.487 e. The molecule has 2 amide bonds. The van der Waals surface area contributed by atoms with Gasteiger partial charge in [0.15, 0.2) is 0 Å². The van der Waals surface area contributed by atoms with Gasteiger partial charge < -0.3 is 19.4 Å². The Balaban J connectivity index is 1.67. The van der Waals surface area contributed by atoms with Gasteiger partial charge in [-0.05, 0) is 68.9 Å². The fraction of sp³-hybridized carbons (Fsp3) is 0.562. The van der Waals surface area contributed by atoms with Crippen LogP contribution in [0.3, 0.4) is 0 Å². The summed E-state index contributed by atoms with van der Waals surface area (Å²) >= 11 is 0. The lowest BCUT2D eigenvalue weighted by atomic mass is 9.90. The number of nitrogens with zero attached hydrogens (tertiary/aromatic N) is 3. The topological polar surface area (TPSA) is 53.1 Å². The molecule has 206 valence electrons. The lowest BCUT2D eigenvalue weighted by Gasteiger charge is -2.40. The maximum atomic E-state index is 14.0. The molecular formula is C32H45N3O3. The van der Waals surface area contributed by atoms with Gasteiger partial charge in [-0.15, -0.1) is 0 Å². The lowest BCUT2D eigenvalue weighted by molar-refractivity contribution is 0.0270. The second-order valence-electron chi connectivity index (χ2n) is 11.0. The van der Waals surface area contributed by atoms with Crippen LogP contribution < -0.4 is 9.64 Å². The van der Waals surface area contributed by atoms with Crippen LogP contribution in [0.1, 0.15) is 91.8 Å². The molecule has 0 saturated heterocycles. The highest BCUT2D eigenvalue weighted by Crippen LogP contribution is 2.31. The average molecular weight is 520 g/mol. The van der Waals surface area contributed by atoms with E-state index in [1.165, 1.54) is 0 Å². The third-order valence-corrected chi connectivity index (χ3v) is 7.94. The van der Waals surface area contributed by atoms with E-state index < -0.39 is 0 Å². The number of fused-ring (bicyclic) bond motifs is 2. The van der Waals surface area contributed by atoms with Gasteiger partial charge in [-0.25, -0.2) is 0 Å². The standard InChI is InChI=1S/C32H45N3O3/c1-4-21-34-22-12-6-5-7-13-23-35(31(36)25-15-14-16-26(24-25)33(2)3)28-18-9-11-20-30(28)38-29-19-10-8-17-27(29)32(34)37/h8,10,14-17,19,24,28,30H,4-7,9,11-13,18,20-23H2,1-3H3/t28-,30+/m1/s1. The highest BCUT2D eigenvalue weighted by molar-refractivity contribution is 5.97. The Morgan fingerprint density at radius 1 is 0.921 bits per heavy atom. The van der Waals surface area contributed by atoms with Gasteiger partial charge >= 0.3 is 0 Å². The van der Waals surface area contributed by atoms with E-state index in [0.29, 0.717) is 11.3 Å². The summed E-state index contributed by atoms with van der Waals surface area (Å²) in [5.74, 6) is 0.780. The molecular weight excluding hydrogens is 474 g/mol. The predicted molar refractivity (Wildman–Crippen MR) is 154 cm³/mol. The Morgan fingerprint density at radius 2 is 1.66 bits per heavy atom. The molecule has 1 fully saturated rings. The van der Waals surface area contributed by atoms with Gasteiger partial charge in [0.05, 0.1) is 11.6 Å². The number of benzene rings is 2. The van der Waals surface area contributed by atoms with Crippen LogP contribution in [0.5, 0.6) is 5.75 Å². The van der Waals surface area contributed by atoms with Crippen LogP contribution in [-0.4, -0.2) is 67.5 Å². The molecule has 4 rings (SSSR count). The highest BCUT2D eigenvalue weighted by atomic mass is 16.5. The van der Waals surface area contributed by atoms with Crippen molar-refractivity contribution >= 4 is 17.5 Å². The minimum atomic E-state index is -0.136. The van der Waals surface area contributed by atoms with Crippen molar-refractivity contribution < 1.29 is 14.3 Å². The van der Waals surface area contributed by atoms with Crippen molar-refractivity contribution in [1.29, 1.82) is 0 Å². The summed E-state index contributed by atoms with van der Waals surface area (Å²) in [6, 6.07) is 15.6. The molecule has 0 N–H and O–H groups in total. The second kappa shape index (κ2) is 13.7. The maximum Gasteiger partial charge on any atom is 0.257 e. The van der Waals surface area contributed by atoms with Crippen molar-refractivity contribution in [3.8, 4) is 5.75 Å². The van der Waals surface area contributed by atoms with E-state index in [1.807, 2.05) is 72.4 Å². The molecule has 0 aromatic heterocycles. The zero-order valence-electron chi connectivity index (χ0n) is 23.5. The molecule has 0 spiro atoms. The summed E-state index contributed by atoms with van der Waals surface area (Å²) in [5, 5.41) is 0. The molecule has 1 saturated carbocycles. The first-order chi connectivity index (χ1) is 18.5. The van der Waals surface area contributed by atoms with Gasteiger partial charge in [-0.2, -0.15) is 0 Å². The van der Waals surface area contributed by atoms with Crippen LogP contribution in [0.2, 0.25) is 0 Å². The first-order valence-electron chi connectivity index (χ1n) is 14.6. The van der Waals surface area contributed by atoms with Gasteiger partial charge in [0.1, 0.15) is 11.9 Å². The van der Waals surface area contributed by atoms with Crippen LogP contribution >= 0.6 is 0 Å². The van der Waals surface area contributed by atoms with E-state index in [2.05, 4.69) is 11.8 Å². The first-order valence-corrected chi connectivity index (χ1v) is 14.6. The van der Waals surface area contributed by atoms with Crippen LogP contribution in [-0.2, 0) is 0 Å². The van der Waals surface area contributed by atoms with E-state index >= 15 is 0 Å². The molecule has 6 nitrogen and oxygen atoms in total. The van der Waals surface area contributed by atoms with Crippen molar-refractivity contribution in [1.82, 2.24) is 9.80 Å². The van der Waals surface area contributed by atoms with E-state index in [1.54, 1.807) is 0 Å². The molecule has 0 unspecified atom stereocenters. The number of hydrogen-bond donors (Lipinski definition) is 0. The quantitative estimate of drug-likeness (QED) is 0.469. The number of carbonyl (C=O) groups is 2. The maximum absolute atomic E-state index is 14.0. The third-order valence-electron chi connectivity index (χ3n) is 7.94. The van der Waals surface area contributed by atoms with Crippen LogP contribution in [0.25, 0.3) is 0 Å². The zero-order chi connectivity index (χ0) is 26.9. The number of anilines is 1. The minimum absolute atomic E-state index is 0.0145. The van der Waals surface area contributed by atoms with Crippen molar-refractivity contribution in [3.63, 3.8) is 0 Å². The van der Waals surface area contributed by atoms with Gasteiger partial charge in [-0.3, -0.25) is 9.59 Å². The molecule has 1 aliphatic heterocycles. The minimum Gasteiger partial charge on any atom is -0.487 e. The fourth-order valence-electron chi connectivity index (χ4n) is 5.85.